The zero-order valence-electron chi connectivity index (χ0n) is 19.9. The standard InChI is InChI=1S/C27H46O2S/c1-5-29-20(2)9-7-6-8-10-21-13-16-26(3)22(19-21)11-12-23-24(26)14-17-27(4)25(23)15-18-30(27)28/h21-25H,2,5-19H2,1,3-4H3/t21-,22?,23?,24?,25?,26-,27-,30?/m0/s1. The van der Waals surface area contributed by atoms with Crippen molar-refractivity contribution in [1.82, 2.24) is 0 Å². The van der Waals surface area contributed by atoms with E-state index < -0.39 is 11.2 Å². The van der Waals surface area contributed by atoms with Gasteiger partial charge >= 0.3 is 0 Å². The molecule has 8 atom stereocenters. The van der Waals surface area contributed by atoms with Gasteiger partial charge in [0.25, 0.3) is 0 Å². The van der Waals surface area contributed by atoms with Crippen molar-refractivity contribution in [2.45, 2.75) is 109 Å². The zero-order chi connectivity index (χ0) is 21.4. The average Bonchev–Trinajstić information content (AvgIpc) is 3.03. The highest BCUT2D eigenvalue weighted by Crippen LogP contribution is 2.65. The normalized spacial score (nSPS) is 45.3. The fourth-order valence-electron chi connectivity index (χ4n) is 8.37. The molecule has 172 valence electrons. The van der Waals surface area contributed by atoms with Gasteiger partial charge in [-0.25, -0.2) is 0 Å². The number of hydrogen-bond donors (Lipinski definition) is 0. The van der Waals surface area contributed by atoms with E-state index in [1.54, 1.807) is 0 Å². The molecule has 0 N–H and O–H groups in total. The molecule has 1 heterocycles. The van der Waals surface area contributed by atoms with Crippen LogP contribution in [0.25, 0.3) is 0 Å². The summed E-state index contributed by atoms with van der Waals surface area (Å²) < 4.78 is 18.4. The first-order valence-corrected chi connectivity index (χ1v) is 14.4. The van der Waals surface area contributed by atoms with Crippen LogP contribution in [0.4, 0.5) is 0 Å². The molecule has 0 spiro atoms. The Balaban J connectivity index is 1.27. The number of allylic oxidation sites excluding steroid dienone is 1. The van der Waals surface area contributed by atoms with E-state index in [0.717, 1.165) is 54.1 Å². The maximum absolute atomic E-state index is 12.7. The monoisotopic (exact) mass is 434 g/mol. The minimum Gasteiger partial charge on any atom is -0.616 e. The lowest BCUT2D eigenvalue weighted by Crippen LogP contribution is -2.55. The molecule has 4 rings (SSSR count). The van der Waals surface area contributed by atoms with Gasteiger partial charge in [-0.3, -0.25) is 0 Å². The highest BCUT2D eigenvalue weighted by Gasteiger charge is 2.62. The zero-order valence-corrected chi connectivity index (χ0v) is 20.7. The van der Waals surface area contributed by atoms with E-state index in [1.165, 1.54) is 77.0 Å². The average molecular weight is 435 g/mol. The van der Waals surface area contributed by atoms with Gasteiger partial charge in [0.1, 0.15) is 10.5 Å². The Kier molecular flexibility index (Phi) is 7.20. The maximum atomic E-state index is 12.7. The van der Waals surface area contributed by atoms with Crippen LogP contribution in [0.1, 0.15) is 104 Å². The van der Waals surface area contributed by atoms with Crippen LogP contribution < -0.4 is 0 Å². The highest BCUT2D eigenvalue weighted by molar-refractivity contribution is 7.93. The van der Waals surface area contributed by atoms with Crippen LogP contribution in [-0.2, 0) is 15.9 Å². The molecule has 3 aliphatic carbocycles. The minimum atomic E-state index is -0.573. The summed E-state index contributed by atoms with van der Waals surface area (Å²) in [6.07, 6.45) is 17.5. The molecule has 0 aromatic heterocycles. The molecule has 0 aromatic rings. The van der Waals surface area contributed by atoms with Gasteiger partial charge in [-0.2, -0.15) is 0 Å². The second kappa shape index (κ2) is 9.38. The Morgan fingerprint density at radius 1 is 1.03 bits per heavy atom. The molecule has 2 nitrogen and oxygen atoms in total. The third-order valence-electron chi connectivity index (χ3n) is 10.2. The summed E-state index contributed by atoms with van der Waals surface area (Å²) in [6, 6.07) is 0. The van der Waals surface area contributed by atoms with Crippen molar-refractivity contribution in [2.24, 2.45) is 35.0 Å². The third kappa shape index (κ3) is 4.24. The summed E-state index contributed by atoms with van der Waals surface area (Å²) in [5.41, 5.74) is 0.570. The molecule has 0 aromatic carbocycles. The lowest BCUT2D eigenvalue weighted by atomic mass is 9.46. The maximum Gasteiger partial charge on any atom is 0.126 e. The number of unbranched alkanes of at least 4 members (excludes halogenated alkanes) is 2. The number of rotatable bonds is 8. The first-order valence-electron chi connectivity index (χ1n) is 13.1. The van der Waals surface area contributed by atoms with Gasteiger partial charge in [-0.05, 0) is 105 Å². The summed E-state index contributed by atoms with van der Waals surface area (Å²) >= 11 is -0.573. The summed E-state index contributed by atoms with van der Waals surface area (Å²) in [6.45, 7) is 11.8. The van der Waals surface area contributed by atoms with Crippen LogP contribution in [0.3, 0.4) is 0 Å². The van der Waals surface area contributed by atoms with Gasteiger partial charge in [-0.15, -0.1) is 0 Å². The molecule has 0 bridgehead atoms. The quantitative estimate of drug-likeness (QED) is 0.229. The molecule has 5 unspecified atom stereocenters. The van der Waals surface area contributed by atoms with Crippen molar-refractivity contribution in [1.29, 1.82) is 0 Å². The van der Waals surface area contributed by atoms with Gasteiger partial charge in [-0.1, -0.05) is 32.8 Å². The predicted molar refractivity (Wildman–Crippen MR) is 128 cm³/mol. The predicted octanol–water partition coefficient (Wildman–Crippen LogP) is 7.26. The molecule has 4 aliphatic rings. The first-order chi connectivity index (χ1) is 14.4. The van der Waals surface area contributed by atoms with Crippen LogP contribution in [0.15, 0.2) is 12.3 Å². The molecular formula is C27H46O2S. The molecule has 3 saturated carbocycles. The van der Waals surface area contributed by atoms with Gasteiger partial charge in [0.2, 0.25) is 0 Å². The fraction of sp³-hybridized carbons (Fsp3) is 0.926. The van der Waals surface area contributed by atoms with E-state index in [4.69, 9.17) is 4.74 Å². The SMILES string of the molecule is C=C(CCCCC[C@H]1CC[C@@]2(C)C(CCC3C2CC[C@@]2(C)C3CC[S+]2[O-])C1)OCC. The fourth-order valence-corrected chi connectivity index (χ4v) is 10.3. The number of hydrogen-bond acceptors (Lipinski definition) is 2. The second-order valence-corrected chi connectivity index (χ2v) is 13.6. The van der Waals surface area contributed by atoms with E-state index in [2.05, 4.69) is 20.4 Å². The van der Waals surface area contributed by atoms with Crippen LogP contribution in [0.2, 0.25) is 0 Å². The van der Waals surface area contributed by atoms with E-state index in [0.29, 0.717) is 5.41 Å². The number of fused-ring (bicyclic) bond motifs is 5. The van der Waals surface area contributed by atoms with Crippen molar-refractivity contribution >= 4 is 11.2 Å². The minimum absolute atomic E-state index is 0.148. The Morgan fingerprint density at radius 3 is 2.67 bits per heavy atom. The topological polar surface area (TPSA) is 32.3 Å². The van der Waals surface area contributed by atoms with Gasteiger partial charge in [0.15, 0.2) is 0 Å². The number of ether oxygens (including phenoxy) is 1. The van der Waals surface area contributed by atoms with E-state index in [1.807, 2.05) is 6.92 Å². The second-order valence-electron chi connectivity index (χ2n) is 11.6. The van der Waals surface area contributed by atoms with Gasteiger partial charge < -0.3 is 9.29 Å². The van der Waals surface area contributed by atoms with Crippen molar-refractivity contribution in [3.05, 3.63) is 12.3 Å². The van der Waals surface area contributed by atoms with E-state index in [9.17, 15) is 4.55 Å². The molecule has 1 aliphatic heterocycles. The molecule has 1 saturated heterocycles. The highest BCUT2D eigenvalue weighted by atomic mass is 32.2. The first kappa shape index (κ1) is 23.0. The van der Waals surface area contributed by atoms with Gasteiger partial charge in [0.05, 0.1) is 12.4 Å². The summed E-state index contributed by atoms with van der Waals surface area (Å²) in [5, 5.41) is 0. The lowest BCUT2D eigenvalue weighted by molar-refractivity contribution is -0.0915. The van der Waals surface area contributed by atoms with E-state index in [-0.39, 0.29) is 4.75 Å². The van der Waals surface area contributed by atoms with Crippen LogP contribution >= 0.6 is 0 Å². The Bertz CT molecular complexity index is 606. The molecule has 30 heavy (non-hydrogen) atoms. The Morgan fingerprint density at radius 2 is 1.87 bits per heavy atom. The van der Waals surface area contributed by atoms with Gasteiger partial charge in [0, 0.05) is 18.8 Å². The Hall–Kier alpha value is -0.150. The summed E-state index contributed by atoms with van der Waals surface area (Å²) in [7, 11) is 0. The molecule has 4 fully saturated rings. The van der Waals surface area contributed by atoms with Crippen molar-refractivity contribution in [3.63, 3.8) is 0 Å². The largest absolute Gasteiger partial charge is 0.616 e. The molecule has 0 amide bonds. The third-order valence-corrected chi connectivity index (χ3v) is 12.3. The lowest BCUT2D eigenvalue weighted by Gasteiger charge is -2.60. The summed E-state index contributed by atoms with van der Waals surface area (Å²) in [5.74, 6) is 6.39. The van der Waals surface area contributed by atoms with E-state index >= 15 is 0 Å². The van der Waals surface area contributed by atoms with Crippen LogP contribution in [0, 0.1) is 35.0 Å². The van der Waals surface area contributed by atoms with Crippen LogP contribution in [0.5, 0.6) is 0 Å². The Labute approximate surface area is 189 Å². The smallest absolute Gasteiger partial charge is 0.126 e. The molecule has 3 heteroatoms. The van der Waals surface area contributed by atoms with Crippen molar-refractivity contribution < 1.29 is 9.29 Å². The van der Waals surface area contributed by atoms with Crippen molar-refractivity contribution in [2.75, 3.05) is 12.4 Å². The molecular weight excluding hydrogens is 388 g/mol. The summed E-state index contributed by atoms with van der Waals surface area (Å²) in [4.78, 5) is 0. The molecule has 0 radical (unpaired) electrons. The van der Waals surface area contributed by atoms with Crippen molar-refractivity contribution in [3.8, 4) is 0 Å². The van der Waals surface area contributed by atoms with Crippen LogP contribution in [-0.4, -0.2) is 21.7 Å².